The zero-order chi connectivity index (χ0) is 13.7. The van der Waals surface area contributed by atoms with Crippen molar-refractivity contribution in [3.8, 4) is 5.75 Å². The van der Waals surface area contributed by atoms with Gasteiger partial charge in [0.2, 0.25) is 0 Å². The molecule has 0 aliphatic carbocycles. The molecular formula is C14H20ClFN2O2. The van der Waals surface area contributed by atoms with E-state index in [0.717, 1.165) is 19.5 Å². The number of carbonyl (C=O) groups is 1. The van der Waals surface area contributed by atoms with Gasteiger partial charge in [-0.1, -0.05) is 0 Å². The van der Waals surface area contributed by atoms with Crippen molar-refractivity contribution < 1.29 is 13.9 Å². The number of carbonyl (C=O) groups excluding carboxylic acids is 1. The Bertz CT molecular complexity index is 451. The Hall–Kier alpha value is -1.33. The molecule has 20 heavy (non-hydrogen) atoms. The van der Waals surface area contributed by atoms with Crippen molar-refractivity contribution in [3.63, 3.8) is 0 Å². The van der Waals surface area contributed by atoms with E-state index in [1.54, 1.807) is 0 Å². The van der Waals surface area contributed by atoms with Crippen LogP contribution in [0.5, 0.6) is 5.75 Å². The lowest BCUT2D eigenvalue weighted by molar-refractivity contribution is 0.0951. The summed E-state index contributed by atoms with van der Waals surface area (Å²) in [5, 5.41) is 6.14. The maximum atomic E-state index is 13.2. The van der Waals surface area contributed by atoms with Gasteiger partial charge in [0, 0.05) is 12.1 Å². The fraction of sp³-hybridized carbons (Fsp3) is 0.500. The van der Waals surface area contributed by atoms with Gasteiger partial charge in [0.15, 0.2) is 11.6 Å². The van der Waals surface area contributed by atoms with E-state index in [1.165, 1.54) is 31.7 Å². The second-order valence-corrected chi connectivity index (χ2v) is 4.75. The summed E-state index contributed by atoms with van der Waals surface area (Å²) in [6, 6.07) is 4.13. The Morgan fingerprint density at radius 2 is 2.35 bits per heavy atom. The lowest BCUT2D eigenvalue weighted by Crippen LogP contribution is -2.26. The minimum absolute atomic E-state index is 0. The number of nitrogens with one attached hydrogen (secondary N) is 2. The number of methoxy groups -OCH3 is 1. The largest absolute Gasteiger partial charge is 0.494 e. The number of benzene rings is 1. The molecule has 0 saturated carbocycles. The standard InChI is InChI=1S/C14H19FN2O2.ClH/c1-19-13-8-11(2-3-12(13)15)14(18)17-7-5-10-4-6-16-9-10;/h2-3,8,10,16H,4-7,9H2,1H3,(H,17,18);1H. The maximum absolute atomic E-state index is 13.2. The fourth-order valence-electron chi connectivity index (χ4n) is 2.25. The Morgan fingerprint density at radius 1 is 1.55 bits per heavy atom. The molecule has 2 rings (SSSR count). The normalized spacial score (nSPS) is 17.4. The van der Waals surface area contributed by atoms with Crippen molar-refractivity contribution in [2.45, 2.75) is 12.8 Å². The molecule has 1 atom stereocenters. The van der Waals surface area contributed by atoms with E-state index >= 15 is 0 Å². The Morgan fingerprint density at radius 3 is 3.00 bits per heavy atom. The van der Waals surface area contributed by atoms with Crippen molar-refractivity contribution in [2.24, 2.45) is 5.92 Å². The van der Waals surface area contributed by atoms with Gasteiger partial charge in [-0.05, 0) is 50.0 Å². The average Bonchev–Trinajstić information content (AvgIpc) is 2.92. The minimum Gasteiger partial charge on any atom is -0.494 e. The van der Waals surface area contributed by atoms with E-state index in [9.17, 15) is 9.18 Å². The Labute approximate surface area is 124 Å². The molecule has 112 valence electrons. The van der Waals surface area contributed by atoms with Crippen molar-refractivity contribution in [2.75, 3.05) is 26.7 Å². The van der Waals surface area contributed by atoms with Crippen LogP contribution in [0.1, 0.15) is 23.2 Å². The molecule has 1 aromatic rings. The highest BCUT2D eigenvalue weighted by molar-refractivity contribution is 5.94. The van der Waals surface area contributed by atoms with Gasteiger partial charge < -0.3 is 15.4 Å². The summed E-state index contributed by atoms with van der Waals surface area (Å²) in [4.78, 5) is 11.9. The van der Waals surface area contributed by atoms with Gasteiger partial charge in [0.25, 0.3) is 5.91 Å². The molecule has 1 amide bonds. The van der Waals surface area contributed by atoms with Crippen LogP contribution in [0.15, 0.2) is 18.2 Å². The first-order chi connectivity index (χ1) is 9.20. The summed E-state index contributed by atoms with van der Waals surface area (Å²) in [6.45, 7) is 2.74. The fourth-order valence-corrected chi connectivity index (χ4v) is 2.25. The van der Waals surface area contributed by atoms with Crippen molar-refractivity contribution in [3.05, 3.63) is 29.6 Å². The highest BCUT2D eigenvalue weighted by Gasteiger charge is 2.15. The Balaban J connectivity index is 0.00000200. The average molecular weight is 303 g/mol. The van der Waals surface area contributed by atoms with Gasteiger partial charge in [0.05, 0.1) is 7.11 Å². The molecule has 6 heteroatoms. The van der Waals surface area contributed by atoms with Crippen LogP contribution in [0, 0.1) is 11.7 Å². The zero-order valence-corrected chi connectivity index (χ0v) is 12.3. The van der Waals surface area contributed by atoms with Crippen LogP contribution in [0.3, 0.4) is 0 Å². The zero-order valence-electron chi connectivity index (χ0n) is 11.4. The molecule has 4 nitrogen and oxygen atoms in total. The predicted octanol–water partition coefficient (Wildman–Crippen LogP) is 1.99. The smallest absolute Gasteiger partial charge is 0.251 e. The van der Waals surface area contributed by atoms with Gasteiger partial charge in [0.1, 0.15) is 0 Å². The van der Waals surface area contributed by atoms with E-state index in [-0.39, 0.29) is 24.1 Å². The SMILES string of the molecule is COc1cc(C(=O)NCCC2CCNC2)ccc1F.Cl. The maximum Gasteiger partial charge on any atom is 0.251 e. The van der Waals surface area contributed by atoms with Gasteiger partial charge in [-0.15, -0.1) is 12.4 Å². The molecule has 1 aliphatic heterocycles. The van der Waals surface area contributed by atoms with Crippen LogP contribution in [0.2, 0.25) is 0 Å². The quantitative estimate of drug-likeness (QED) is 0.874. The van der Waals surface area contributed by atoms with E-state index in [1.807, 2.05) is 0 Å². The molecule has 1 unspecified atom stereocenters. The third-order valence-corrected chi connectivity index (χ3v) is 3.41. The molecule has 1 saturated heterocycles. The monoisotopic (exact) mass is 302 g/mol. The second-order valence-electron chi connectivity index (χ2n) is 4.75. The highest BCUT2D eigenvalue weighted by atomic mass is 35.5. The van der Waals surface area contributed by atoms with Crippen LogP contribution in [0.4, 0.5) is 4.39 Å². The van der Waals surface area contributed by atoms with E-state index < -0.39 is 5.82 Å². The molecule has 0 radical (unpaired) electrons. The van der Waals surface area contributed by atoms with Gasteiger partial charge in [-0.3, -0.25) is 4.79 Å². The summed E-state index contributed by atoms with van der Waals surface area (Å²) in [5.74, 6) is 0.0797. The van der Waals surface area contributed by atoms with Crippen LogP contribution >= 0.6 is 12.4 Å². The van der Waals surface area contributed by atoms with E-state index in [2.05, 4.69) is 10.6 Å². The van der Waals surface area contributed by atoms with Gasteiger partial charge >= 0.3 is 0 Å². The van der Waals surface area contributed by atoms with Gasteiger partial charge in [-0.25, -0.2) is 4.39 Å². The third kappa shape index (κ3) is 4.35. The molecule has 1 aliphatic rings. The summed E-state index contributed by atoms with van der Waals surface area (Å²) in [5.41, 5.74) is 0.419. The topological polar surface area (TPSA) is 50.4 Å². The summed E-state index contributed by atoms with van der Waals surface area (Å²) >= 11 is 0. The second kappa shape index (κ2) is 8.07. The van der Waals surface area contributed by atoms with Crippen molar-refractivity contribution in [1.82, 2.24) is 10.6 Å². The summed E-state index contributed by atoms with van der Waals surface area (Å²) < 4.78 is 18.1. The van der Waals surface area contributed by atoms with E-state index in [4.69, 9.17) is 4.74 Å². The number of hydrogen-bond acceptors (Lipinski definition) is 3. The number of hydrogen-bond donors (Lipinski definition) is 2. The number of halogens is 2. The van der Waals surface area contributed by atoms with E-state index in [0.29, 0.717) is 18.0 Å². The third-order valence-electron chi connectivity index (χ3n) is 3.41. The first-order valence-corrected chi connectivity index (χ1v) is 6.53. The molecule has 1 fully saturated rings. The van der Waals surface area contributed by atoms with Crippen LogP contribution in [-0.2, 0) is 0 Å². The number of rotatable bonds is 5. The minimum atomic E-state index is -0.462. The Kier molecular flexibility index (Phi) is 6.75. The predicted molar refractivity (Wildman–Crippen MR) is 78.1 cm³/mol. The molecule has 1 heterocycles. The first kappa shape index (κ1) is 16.7. The lowest BCUT2D eigenvalue weighted by Gasteiger charge is -2.10. The molecule has 1 aromatic carbocycles. The molecule has 0 spiro atoms. The van der Waals surface area contributed by atoms with Crippen molar-refractivity contribution >= 4 is 18.3 Å². The van der Waals surface area contributed by atoms with Gasteiger partial charge in [-0.2, -0.15) is 0 Å². The molecular weight excluding hydrogens is 283 g/mol. The lowest BCUT2D eigenvalue weighted by atomic mass is 10.1. The molecule has 2 N–H and O–H groups in total. The summed E-state index contributed by atoms with van der Waals surface area (Å²) in [7, 11) is 1.38. The van der Waals surface area contributed by atoms with Crippen LogP contribution in [0.25, 0.3) is 0 Å². The molecule has 0 aromatic heterocycles. The highest BCUT2D eigenvalue weighted by Crippen LogP contribution is 2.18. The number of ether oxygens (including phenoxy) is 1. The summed E-state index contributed by atoms with van der Waals surface area (Å²) in [6.07, 6.45) is 2.14. The van der Waals surface area contributed by atoms with Crippen LogP contribution < -0.4 is 15.4 Å². The first-order valence-electron chi connectivity index (χ1n) is 6.53. The van der Waals surface area contributed by atoms with Crippen molar-refractivity contribution in [1.29, 1.82) is 0 Å². The molecule has 0 bridgehead atoms. The van der Waals surface area contributed by atoms with Crippen LogP contribution in [-0.4, -0.2) is 32.7 Å². The number of amides is 1.